The highest BCUT2D eigenvalue weighted by atomic mass is 35.5. The molecule has 1 aliphatic heterocycles. The summed E-state index contributed by atoms with van der Waals surface area (Å²) in [7, 11) is 0. The number of aliphatic hydroxyl groups is 1. The van der Waals surface area contributed by atoms with Gasteiger partial charge in [0.25, 0.3) is 0 Å². The lowest BCUT2D eigenvalue weighted by Crippen LogP contribution is -2.29. The Bertz CT molecular complexity index is 609. The Kier molecular flexibility index (Phi) is 4.93. The second-order valence-corrected chi connectivity index (χ2v) is 5.98. The molecular formula is C17H19ClN2O2. The van der Waals surface area contributed by atoms with Crippen LogP contribution in [-0.2, 0) is 0 Å². The van der Waals surface area contributed by atoms with Crippen molar-refractivity contribution >= 4 is 11.6 Å². The van der Waals surface area contributed by atoms with Crippen molar-refractivity contribution in [2.24, 2.45) is 0 Å². The minimum atomic E-state index is -0.529. The molecule has 1 aromatic heterocycles. The van der Waals surface area contributed by atoms with Crippen molar-refractivity contribution in [3.63, 3.8) is 0 Å². The number of pyridine rings is 1. The zero-order chi connectivity index (χ0) is 15.4. The van der Waals surface area contributed by atoms with E-state index in [0.717, 1.165) is 30.8 Å². The van der Waals surface area contributed by atoms with Gasteiger partial charge in [-0.3, -0.25) is 9.88 Å². The molecule has 0 aliphatic carbocycles. The van der Waals surface area contributed by atoms with E-state index in [-0.39, 0.29) is 6.10 Å². The van der Waals surface area contributed by atoms with Crippen LogP contribution in [0.3, 0.4) is 0 Å². The van der Waals surface area contributed by atoms with Crippen molar-refractivity contribution < 1.29 is 9.84 Å². The summed E-state index contributed by atoms with van der Waals surface area (Å²) >= 11 is 5.97. The molecule has 5 heteroatoms. The van der Waals surface area contributed by atoms with E-state index in [1.165, 1.54) is 0 Å². The van der Waals surface area contributed by atoms with Crippen LogP contribution in [0.2, 0.25) is 5.02 Å². The van der Waals surface area contributed by atoms with Gasteiger partial charge in [0, 0.05) is 37.1 Å². The van der Waals surface area contributed by atoms with E-state index >= 15 is 0 Å². The van der Waals surface area contributed by atoms with Gasteiger partial charge in [-0.15, -0.1) is 0 Å². The van der Waals surface area contributed by atoms with E-state index < -0.39 is 6.10 Å². The zero-order valence-electron chi connectivity index (χ0n) is 12.2. The Labute approximate surface area is 135 Å². The smallest absolute Gasteiger partial charge is 0.122 e. The summed E-state index contributed by atoms with van der Waals surface area (Å²) in [6, 6.07) is 11.1. The predicted octanol–water partition coefficient (Wildman–Crippen LogP) is 2.92. The second kappa shape index (κ2) is 7.09. The fourth-order valence-electron chi connectivity index (χ4n) is 2.73. The molecule has 4 nitrogen and oxygen atoms in total. The van der Waals surface area contributed by atoms with Crippen molar-refractivity contribution in [3.8, 4) is 5.75 Å². The molecule has 116 valence electrons. The maximum absolute atomic E-state index is 10.3. The number of β-amino-alcohol motifs (C(OH)–C–C–N with tert-alkyl or cyclic N) is 1. The summed E-state index contributed by atoms with van der Waals surface area (Å²) in [6.45, 7) is 2.34. The van der Waals surface area contributed by atoms with Crippen LogP contribution in [-0.4, -0.2) is 40.7 Å². The molecule has 2 atom stereocenters. The van der Waals surface area contributed by atoms with Gasteiger partial charge in [-0.2, -0.15) is 0 Å². The third-order valence-corrected chi connectivity index (χ3v) is 4.08. The number of nitrogens with zero attached hydrogens (tertiary/aromatic N) is 2. The van der Waals surface area contributed by atoms with Gasteiger partial charge in [0.1, 0.15) is 11.9 Å². The Morgan fingerprint density at radius 3 is 2.91 bits per heavy atom. The van der Waals surface area contributed by atoms with Gasteiger partial charge in [0.05, 0.1) is 6.10 Å². The third kappa shape index (κ3) is 3.97. The monoisotopic (exact) mass is 318 g/mol. The van der Waals surface area contributed by atoms with E-state index in [1.54, 1.807) is 12.4 Å². The van der Waals surface area contributed by atoms with Gasteiger partial charge in [-0.1, -0.05) is 23.7 Å². The molecule has 2 aromatic rings. The molecule has 1 saturated heterocycles. The molecule has 2 heterocycles. The first-order valence-corrected chi connectivity index (χ1v) is 7.81. The molecule has 1 aromatic carbocycles. The lowest BCUT2D eigenvalue weighted by atomic mass is 10.1. The lowest BCUT2D eigenvalue weighted by Gasteiger charge is -2.20. The molecule has 1 fully saturated rings. The quantitative estimate of drug-likeness (QED) is 0.920. The van der Waals surface area contributed by atoms with Crippen LogP contribution >= 0.6 is 11.6 Å². The molecule has 0 amide bonds. The van der Waals surface area contributed by atoms with E-state index in [0.29, 0.717) is 11.6 Å². The number of aromatic nitrogens is 1. The molecule has 1 N–H and O–H groups in total. The number of rotatable bonds is 5. The average Bonchev–Trinajstić information content (AvgIpc) is 2.95. The Morgan fingerprint density at radius 1 is 1.32 bits per heavy atom. The highest BCUT2D eigenvalue weighted by molar-refractivity contribution is 6.30. The van der Waals surface area contributed by atoms with E-state index in [4.69, 9.17) is 16.3 Å². The molecule has 1 aliphatic rings. The largest absolute Gasteiger partial charge is 0.489 e. The maximum atomic E-state index is 10.3. The molecular weight excluding hydrogens is 300 g/mol. The van der Waals surface area contributed by atoms with Crippen LogP contribution in [0.4, 0.5) is 0 Å². The molecule has 0 bridgehead atoms. The molecule has 0 unspecified atom stereocenters. The fourth-order valence-corrected chi connectivity index (χ4v) is 2.93. The number of hydrogen-bond acceptors (Lipinski definition) is 4. The number of benzene rings is 1. The van der Waals surface area contributed by atoms with Crippen LogP contribution in [0.5, 0.6) is 5.75 Å². The third-order valence-electron chi connectivity index (χ3n) is 3.85. The summed E-state index contributed by atoms with van der Waals surface area (Å²) < 4.78 is 5.93. The Balaban J connectivity index is 1.52. The van der Waals surface area contributed by atoms with E-state index in [1.807, 2.05) is 36.4 Å². The Hall–Kier alpha value is -1.62. The zero-order valence-corrected chi connectivity index (χ0v) is 13.0. The first-order chi connectivity index (χ1) is 10.7. The molecule has 0 saturated carbocycles. The van der Waals surface area contributed by atoms with Crippen molar-refractivity contribution in [1.82, 2.24) is 9.88 Å². The Morgan fingerprint density at radius 2 is 2.14 bits per heavy atom. The summed E-state index contributed by atoms with van der Waals surface area (Å²) in [4.78, 5) is 6.20. The maximum Gasteiger partial charge on any atom is 0.122 e. The number of halogens is 1. The van der Waals surface area contributed by atoms with Crippen LogP contribution in [0, 0.1) is 0 Å². The number of aliphatic hydroxyl groups excluding tert-OH is 1. The number of ether oxygens (including phenoxy) is 1. The first-order valence-electron chi connectivity index (χ1n) is 7.43. The van der Waals surface area contributed by atoms with Gasteiger partial charge in [0.15, 0.2) is 0 Å². The van der Waals surface area contributed by atoms with Gasteiger partial charge >= 0.3 is 0 Å². The average molecular weight is 319 g/mol. The number of hydrogen-bond donors (Lipinski definition) is 1. The molecule has 22 heavy (non-hydrogen) atoms. The standard InChI is InChI=1S/C17H19ClN2O2/c18-14-3-1-2-13(10-14)17(21)12-20-9-6-16(11-20)22-15-4-7-19-8-5-15/h1-5,7-8,10,16-17,21H,6,9,11-12H2/t16-,17+/m1/s1. The molecule has 0 spiro atoms. The van der Waals surface area contributed by atoms with Gasteiger partial charge in [-0.25, -0.2) is 0 Å². The van der Waals surface area contributed by atoms with Crippen LogP contribution in [0.15, 0.2) is 48.8 Å². The second-order valence-electron chi connectivity index (χ2n) is 5.54. The SMILES string of the molecule is O[C@@H](CN1CC[C@@H](Oc2ccncc2)C1)c1cccc(Cl)c1. The highest BCUT2D eigenvalue weighted by Crippen LogP contribution is 2.22. The van der Waals surface area contributed by atoms with Crippen molar-refractivity contribution in [1.29, 1.82) is 0 Å². The number of likely N-dealkylation sites (tertiary alicyclic amines) is 1. The van der Waals surface area contributed by atoms with Crippen LogP contribution in [0.1, 0.15) is 18.1 Å². The summed E-state index contributed by atoms with van der Waals surface area (Å²) in [5.41, 5.74) is 0.853. The van der Waals surface area contributed by atoms with Gasteiger partial charge < -0.3 is 9.84 Å². The summed E-state index contributed by atoms with van der Waals surface area (Å²) in [5, 5.41) is 11.0. The van der Waals surface area contributed by atoms with Gasteiger partial charge in [-0.05, 0) is 36.2 Å². The molecule has 0 radical (unpaired) electrons. The summed E-state index contributed by atoms with van der Waals surface area (Å²) in [5.74, 6) is 0.845. The van der Waals surface area contributed by atoms with Gasteiger partial charge in [0.2, 0.25) is 0 Å². The van der Waals surface area contributed by atoms with Crippen LogP contribution in [0.25, 0.3) is 0 Å². The molecule has 3 rings (SSSR count). The normalized spacial score (nSPS) is 20.0. The van der Waals surface area contributed by atoms with Crippen molar-refractivity contribution in [2.45, 2.75) is 18.6 Å². The fraction of sp³-hybridized carbons (Fsp3) is 0.353. The minimum Gasteiger partial charge on any atom is -0.489 e. The van der Waals surface area contributed by atoms with Crippen molar-refractivity contribution in [3.05, 3.63) is 59.4 Å². The van der Waals surface area contributed by atoms with Crippen molar-refractivity contribution in [2.75, 3.05) is 19.6 Å². The minimum absolute atomic E-state index is 0.161. The van der Waals surface area contributed by atoms with E-state index in [2.05, 4.69) is 9.88 Å². The predicted molar refractivity (Wildman–Crippen MR) is 86.1 cm³/mol. The lowest BCUT2D eigenvalue weighted by molar-refractivity contribution is 0.117. The highest BCUT2D eigenvalue weighted by Gasteiger charge is 2.26. The topological polar surface area (TPSA) is 45.6 Å². The van der Waals surface area contributed by atoms with E-state index in [9.17, 15) is 5.11 Å². The van der Waals surface area contributed by atoms with Crippen LogP contribution < -0.4 is 4.74 Å². The summed E-state index contributed by atoms with van der Waals surface area (Å²) in [6.07, 6.45) is 4.05. The first kappa shape index (κ1) is 15.3.